The number of rotatable bonds is 7. The summed E-state index contributed by atoms with van der Waals surface area (Å²) in [5, 5.41) is 12.2. The highest BCUT2D eigenvalue weighted by Crippen LogP contribution is 2.26. The van der Waals surface area contributed by atoms with Gasteiger partial charge in [-0.05, 0) is 62.9 Å². The molecule has 1 aliphatic rings. The smallest absolute Gasteiger partial charge is 0.417 e. The van der Waals surface area contributed by atoms with E-state index in [-0.39, 0.29) is 23.7 Å². The van der Waals surface area contributed by atoms with Crippen LogP contribution in [-0.4, -0.2) is 47.3 Å². The van der Waals surface area contributed by atoms with E-state index in [0.29, 0.717) is 11.1 Å². The first-order valence-electron chi connectivity index (χ1n) is 10.6. The molecular formula is C24H31N2O4+. The lowest BCUT2D eigenvalue weighted by atomic mass is 10.0. The number of carboxylic acids is 1. The SMILES string of the molecule is CC(COc1ccccc1)[N+]1(C(=O)N[C@@H](C)c2ccc(C(=O)O)cc2)CCCCC1. The van der Waals surface area contributed by atoms with Crippen molar-refractivity contribution in [3.63, 3.8) is 0 Å². The predicted octanol–water partition coefficient (Wildman–Crippen LogP) is 4.62. The molecule has 2 amide bonds. The number of nitrogens with zero attached hydrogens (tertiary/aromatic N) is 1. The molecule has 2 atom stereocenters. The monoisotopic (exact) mass is 411 g/mol. The molecule has 160 valence electrons. The number of hydrogen-bond acceptors (Lipinski definition) is 3. The zero-order chi connectivity index (χ0) is 21.6. The summed E-state index contributed by atoms with van der Waals surface area (Å²) in [5.74, 6) is -0.143. The van der Waals surface area contributed by atoms with Crippen LogP contribution in [0.3, 0.4) is 0 Å². The van der Waals surface area contributed by atoms with Gasteiger partial charge in [0.1, 0.15) is 18.4 Å². The molecule has 30 heavy (non-hydrogen) atoms. The van der Waals surface area contributed by atoms with Gasteiger partial charge in [-0.3, -0.25) is 5.32 Å². The molecule has 1 saturated heterocycles. The Kier molecular flexibility index (Phi) is 7.11. The third kappa shape index (κ3) is 5.00. The summed E-state index contributed by atoms with van der Waals surface area (Å²) in [6.45, 7) is 6.09. The highest BCUT2D eigenvalue weighted by Gasteiger charge is 2.44. The fourth-order valence-electron chi connectivity index (χ4n) is 4.11. The maximum Gasteiger partial charge on any atom is 0.417 e. The summed E-state index contributed by atoms with van der Waals surface area (Å²) < 4.78 is 6.34. The van der Waals surface area contributed by atoms with Crippen molar-refractivity contribution in [2.24, 2.45) is 0 Å². The number of nitrogens with one attached hydrogen (secondary N) is 1. The number of carbonyl (C=O) groups excluding carboxylic acids is 1. The highest BCUT2D eigenvalue weighted by molar-refractivity contribution is 5.87. The number of ether oxygens (including phenoxy) is 1. The Morgan fingerprint density at radius 3 is 2.23 bits per heavy atom. The number of quaternary nitrogens is 1. The number of para-hydroxylation sites is 1. The largest absolute Gasteiger partial charge is 0.487 e. The van der Waals surface area contributed by atoms with E-state index in [1.165, 1.54) is 0 Å². The molecule has 0 bridgehead atoms. The lowest BCUT2D eigenvalue weighted by molar-refractivity contribution is -0.879. The molecule has 1 unspecified atom stereocenters. The molecule has 0 aromatic heterocycles. The number of piperidine rings is 1. The van der Waals surface area contributed by atoms with E-state index in [0.717, 1.165) is 43.7 Å². The number of urea groups is 1. The number of aromatic carboxylic acids is 1. The molecule has 0 saturated carbocycles. The molecule has 0 aliphatic carbocycles. The van der Waals surface area contributed by atoms with Crippen LogP contribution in [-0.2, 0) is 0 Å². The Bertz CT molecular complexity index is 845. The fraction of sp³-hybridized carbons (Fsp3) is 0.417. The Morgan fingerprint density at radius 1 is 1.00 bits per heavy atom. The first-order chi connectivity index (χ1) is 14.4. The third-order valence-corrected chi connectivity index (χ3v) is 6.09. The van der Waals surface area contributed by atoms with Gasteiger partial charge in [0.25, 0.3) is 0 Å². The van der Waals surface area contributed by atoms with Gasteiger partial charge in [0.2, 0.25) is 0 Å². The lowest BCUT2D eigenvalue weighted by Crippen LogP contribution is -2.65. The first kappa shape index (κ1) is 21.8. The summed E-state index contributed by atoms with van der Waals surface area (Å²) in [4.78, 5) is 24.5. The maximum atomic E-state index is 13.4. The van der Waals surface area contributed by atoms with E-state index in [1.54, 1.807) is 24.3 Å². The lowest BCUT2D eigenvalue weighted by Gasteiger charge is -2.43. The molecule has 0 radical (unpaired) electrons. The van der Waals surface area contributed by atoms with Crippen LogP contribution in [0, 0.1) is 0 Å². The van der Waals surface area contributed by atoms with Gasteiger partial charge in [-0.15, -0.1) is 0 Å². The second-order valence-corrected chi connectivity index (χ2v) is 8.11. The molecular weight excluding hydrogens is 380 g/mol. The average molecular weight is 412 g/mol. The average Bonchev–Trinajstić information content (AvgIpc) is 2.78. The van der Waals surface area contributed by atoms with Gasteiger partial charge in [0.05, 0.1) is 24.7 Å². The van der Waals surface area contributed by atoms with Crippen LogP contribution in [0.2, 0.25) is 0 Å². The highest BCUT2D eigenvalue weighted by atomic mass is 16.5. The van der Waals surface area contributed by atoms with Crippen LogP contribution in [0.5, 0.6) is 5.75 Å². The maximum absolute atomic E-state index is 13.4. The molecule has 0 spiro atoms. The molecule has 1 aliphatic heterocycles. The van der Waals surface area contributed by atoms with Crippen molar-refractivity contribution in [1.82, 2.24) is 5.32 Å². The predicted molar refractivity (Wildman–Crippen MR) is 116 cm³/mol. The van der Waals surface area contributed by atoms with Crippen molar-refractivity contribution in [2.45, 2.75) is 45.2 Å². The van der Waals surface area contributed by atoms with Crippen LogP contribution < -0.4 is 10.1 Å². The summed E-state index contributed by atoms with van der Waals surface area (Å²) in [7, 11) is 0. The fourth-order valence-corrected chi connectivity index (χ4v) is 4.11. The van der Waals surface area contributed by atoms with Gasteiger partial charge in [0.15, 0.2) is 0 Å². The second-order valence-electron chi connectivity index (χ2n) is 8.11. The minimum absolute atomic E-state index is 0.00803. The summed E-state index contributed by atoms with van der Waals surface area (Å²) >= 11 is 0. The van der Waals surface area contributed by atoms with E-state index < -0.39 is 5.97 Å². The summed E-state index contributed by atoms with van der Waals surface area (Å²) in [6.07, 6.45) is 3.18. The molecule has 3 rings (SSSR count). The zero-order valence-corrected chi connectivity index (χ0v) is 17.7. The number of amides is 2. The molecule has 6 heteroatoms. The van der Waals surface area contributed by atoms with Gasteiger partial charge < -0.3 is 9.84 Å². The summed E-state index contributed by atoms with van der Waals surface area (Å²) in [6, 6.07) is 16.2. The van der Waals surface area contributed by atoms with Gasteiger partial charge in [-0.25, -0.2) is 14.1 Å². The first-order valence-corrected chi connectivity index (χ1v) is 10.6. The number of carbonyl (C=O) groups is 2. The second kappa shape index (κ2) is 9.76. The van der Waals surface area contributed by atoms with Crippen LogP contribution in [0.1, 0.15) is 55.1 Å². The van der Waals surface area contributed by atoms with Gasteiger partial charge >= 0.3 is 12.0 Å². The van der Waals surface area contributed by atoms with Crippen molar-refractivity contribution in [1.29, 1.82) is 0 Å². The van der Waals surface area contributed by atoms with Crippen LogP contribution >= 0.6 is 0 Å². The van der Waals surface area contributed by atoms with Crippen molar-refractivity contribution in [3.8, 4) is 5.75 Å². The zero-order valence-electron chi connectivity index (χ0n) is 17.7. The standard InChI is InChI=1S/C24H30N2O4/c1-18(17-30-22-9-5-3-6-10-22)26(15-7-4-8-16-26)24(29)25-19(2)20-11-13-21(14-12-20)23(27)28/h3,5-6,9-14,18-19H,4,7-8,15-17H2,1-2H3,(H-,25,27,28,29)/p+1/t18?,19-/m0/s1. The molecule has 6 nitrogen and oxygen atoms in total. The molecule has 2 aromatic carbocycles. The van der Waals surface area contributed by atoms with Gasteiger partial charge in [-0.1, -0.05) is 30.3 Å². The molecule has 2 aromatic rings. The minimum atomic E-state index is -0.955. The molecule has 1 heterocycles. The normalized spacial score (nSPS) is 17.5. The van der Waals surface area contributed by atoms with E-state index in [9.17, 15) is 9.59 Å². The van der Waals surface area contributed by atoms with E-state index in [1.807, 2.05) is 37.3 Å². The number of likely N-dealkylation sites (tertiary alicyclic amines) is 1. The van der Waals surface area contributed by atoms with Crippen LogP contribution in [0.4, 0.5) is 4.79 Å². The third-order valence-electron chi connectivity index (χ3n) is 6.09. The number of benzene rings is 2. The van der Waals surface area contributed by atoms with Crippen molar-refractivity contribution in [3.05, 3.63) is 65.7 Å². The number of hydrogen-bond donors (Lipinski definition) is 2. The minimum Gasteiger partial charge on any atom is -0.487 e. The molecule has 2 N–H and O–H groups in total. The quantitative estimate of drug-likeness (QED) is 0.652. The van der Waals surface area contributed by atoms with E-state index in [4.69, 9.17) is 9.84 Å². The van der Waals surface area contributed by atoms with E-state index >= 15 is 0 Å². The van der Waals surface area contributed by atoms with Crippen molar-refractivity contribution in [2.75, 3.05) is 19.7 Å². The Morgan fingerprint density at radius 2 is 1.63 bits per heavy atom. The van der Waals surface area contributed by atoms with Gasteiger partial charge in [-0.2, -0.15) is 0 Å². The topological polar surface area (TPSA) is 75.6 Å². The van der Waals surface area contributed by atoms with Crippen molar-refractivity contribution < 1.29 is 23.9 Å². The Hall–Kier alpha value is -2.86. The Balaban J connectivity index is 1.70. The summed E-state index contributed by atoms with van der Waals surface area (Å²) in [5.41, 5.74) is 1.13. The van der Waals surface area contributed by atoms with Crippen LogP contribution in [0.25, 0.3) is 0 Å². The molecule has 1 fully saturated rings. The Labute approximate surface area is 178 Å². The van der Waals surface area contributed by atoms with Gasteiger partial charge in [0, 0.05) is 0 Å². The van der Waals surface area contributed by atoms with Crippen molar-refractivity contribution >= 4 is 12.0 Å². The number of carboxylic acid groups (broad SMARTS) is 1. The van der Waals surface area contributed by atoms with E-state index in [2.05, 4.69) is 12.2 Å². The van der Waals surface area contributed by atoms with Crippen LogP contribution in [0.15, 0.2) is 54.6 Å².